The first kappa shape index (κ1) is 24.7. The maximum Gasteiger partial charge on any atom is 0.410 e. The number of ether oxygens (including phenoxy) is 3. The molecule has 0 aliphatic carbocycles. The van der Waals surface area contributed by atoms with Crippen LogP contribution in [0.25, 0.3) is 11.1 Å². The highest BCUT2D eigenvalue weighted by Gasteiger charge is 2.35. The van der Waals surface area contributed by atoms with Gasteiger partial charge in [-0.1, -0.05) is 48.5 Å². The average molecular weight is 475 g/mol. The van der Waals surface area contributed by atoms with Gasteiger partial charge in [0.15, 0.2) is 0 Å². The number of hydrogen-bond donors (Lipinski definition) is 0. The first-order valence-electron chi connectivity index (χ1n) is 12.2. The van der Waals surface area contributed by atoms with Crippen LogP contribution < -0.4 is 4.74 Å². The summed E-state index contributed by atoms with van der Waals surface area (Å²) in [5, 5.41) is 0. The molecule has 0 unspecified atom stereocenters. The molecule has 0 N–H and O–H groups in total. The van der Waals surface area contributed by atoms with Gasteiger partial charge in [0.1, 0.15) is 18.0 Å². The van der Waals surface area contributed by atoms with Crippen molar-refractivity contribution in [3.8, 4) is 16.9 Å². The molecule has 1 amide bonds. The molecule has 3 aromatic rings. The predicted molar refractivity (Wildman–Crippen MR) is 136 cm³/mol. The number of pyridine rings is 1. The van der Waals surface area contributed by atoms with Crippen LogP contribution in [0.15, 0.2) is 73.1 Å². The third kappa shape index (κ3) is 7.30. The van der Waals surface area contributed by atoms with Gasteiger partial charge in [-0.3, -0.25) is 4.98 Å². The fourth-order valence-electron chi connectivity index (χ4n) is 3.89. The fraction of sp³-hybridized carbons (Fsp3) is 0.379. The number of carbonyl (C=O) groups excluding carboxylic acids is 1. The minimum atomic E-state index is -0.502. The zero-order valence-electron chi connectivity index (χ0n) is 20.8. The summed E-state index contributed by atoms with van der Waals surface area (Å²) in [6.45, 7) is 7.98. The van der Waals surface area contributed by atoms with Crippen molar-refractivity contribution in [2.24, 2.45) is 0 Å². The molecule has 0 radical (unpaired) electrons. The molecule has 2 aromatic carbocycles. The molecule has 1 aliphatic heterocycles. The lowest BCUT2D eigenvalue weighted by Crippen LogP contribution is -2.55. The summed E-state index contributed by atoms with van der Waals surface area (Å²) in [7, 11) is 0. The van der Waals surface area contributed by atoms with Crippen LogP contribution in [0.5, 0.6) is 5.75 Å². The number of amides is 1. The highest BCUT2D eigenvalue weighted by molar-refractivity contribution is 5.69. The van der Waals surface area contributed by atoms with Gasteiger partial charge in [-0.2, -0.15) is 0 Å². The van der Waals surface area contributed by atoms with Crippen molar-refractivity contribution in [2.45, 2.75) is 51.9 Å². The maximum atomic E-state index is 12.3. The Bertz CT molecular complexity index is 1110. The molecule has 0 bridgehead atoms. The number of aromatic nitrogens is 1. The van der Waals surface area contributed by atoms with Gasteiger partial charge in [0.2, 0.25) is 0 Å². The second kappa shape index (κ2) is 11.4. The molecule has 1 aliphatic rings. The van der Waals surface area contributed by atoms with E-state index in [1.165, 1.54) is 5.56 Å². The monoisotopic (exact) mass is 474 g/mol. The summed E-state index contributed by atoms with van der Waals surface area (Å²) >= 11 is 0. The van der Waals surface area contributed by atoms with E-state index in [0.29, 0.717) is 32.1 Å². The molecule has 0 saturated carbocycles. The van der Waals surface area contributed by atoms with Gasteiger partial charge < -0.3 is 19.1 Å². The molecule has 1 saturated heterocycles. The van der Waals surface area contributed by atoms with Gasteiger partial charge in [0.05, 0.1) is 25.5 Å². The molecule has 6 nitrogen and oxygen atoms in total. The van der Waals surface area contributed by atoms with Crippen molar-refractivity contribution in [3.05, 3.63) is 84.2 Å². The minimum Gasteiger partial charge on any atom is -0.490 e. The maximum absolute atomic E-state index is 12.3. The van der Waals surface area contributed by atoms with Gasteiger partial charge in [-0.05, 0) is 62.4 Å². The molecule has 4 rings (SSSR count). The van der Waals surface area contributed by atoms with E-state index in [0.717, 1.165) is 29.5 Å². The van der Waals surface area contributed by atoms with Crippen LogP contribution in [0.2, 0.25) is 0 Å². The Labute approximate surface area is 207 Å². The lowest BCUT2D eigenvalue weighted by Gasteiger charge is -2.40. The molecule has 1 aromatic heterocycles. The summed E-state index contributed by atoms with van der Waals surface area (Å²) in [6.07, 6.45) is 5.05. The van der Waals surface area contributed by atoms with Gasteiger partial charge in [0, 0.05) is 18.3 Å². The largest absolute Gasteiger partial charge is 0.490 e. The van der Waals surface area contributed by atoms with Gasteiger partial charge in [-0.15, -0.1) is 0 Å². The number of hydrogen-bond acceptors (Lipinski definition) is 5. The van der Waals surface area contributed by atoms with E-state index >= 15 is 0 Å². The van der Waals surface area contributed by atoms with E-state index in [9.17, 15) is 4.79 Å². The van der Waals surface area contributed by atoms with E-state index in [2.05, 4.69) is 35.3 Å². The Morgan fingerprint density at radius 1 is 1.00 bits per heavy atom. The van der Waals surface area contributed by atoms with Crippen LogP contribution in [0.1, 0.15) is 38.3 Å². The molecular formula is C29H34N2O4. The third-order valence-corrected chi connectivity index (χ3v) is 5.83. The van der Waals surface area contributed by atoms with Crippen LogP contribution in [-0.4, -0.2) is 47.4 Å². The van der Waals surface area contributed by atoms with Crippen molar-refractivity contribution in [3.63, 3.8) is 0 Å². The van der Waals surface area contributed by atoms with E-state index in [-0.39, 0.29) is 12.1 Å². The Balaban J connectivity index is 1.29. The normalized spacial score (nSPS) is 15.4. The first-order chi connectivity index (χ1) is 16.9. The van der Waals surface area contributed by atoms with Crippen LogP contribution in [0.3, 0.4) is 0 Å². The van der Waals surface area contributed by atoms with E-state index in [1.807, 2.05) is 57.3 Å². The SMILES string of the molecule is CC(C)(C)OC(=O)N1CC[C@H]1COc1cncc(-c2cccc(COCCc3ccccc3)c2)c1. The quantitative estimate of drug-likeness (QED) is 0.362. The molecular weight excluding hydrogens is 440 g/mol. The van der Waals surface area contributed by atoms with Crippen LogP contribution in [0.4, 0.5) is 4.79 Å². The summed E-state index contributed by atoms with van der Waals surface area (Å²) in [5.41, 5.74) is 3.93. The summed E-state index contributed by atoms with van der Waals surface area (Å²) in [5.74, 6) is 0.683. The Morgan fingerprint density at radius 3 is 2.54 bits per heavy atom. The van der Waals surface area contributed by atoms with Crippen molar-refractivity contribution >= 4 is 6.09 Å². The van der Waals surface area contributed by atoms with Crippen molar-refractivity contribution < 1.29 is 19.0 Å². The number of likely N-dealkylation sites (tertiary alicyclic amines) is 1. The van der Waals surface area contributed by atoms with Crippen molar-refractivity contribution in [1.29, 1.82) is 0 Å². The lowest BCUT2D eigenvalue weighted by molar-refractivity contribution is -0.0141. The zero-order valence-corrected chi connectivity index (χ0v) is 20.8. The highest BCUT2D eigenvalue weighted by atomic mass is 16.6. The topological polar surface area (TPSA) is 60.9 Å². The average Bonchev–Trinajstić information content (AvgIpc) is 2.81. The van der Waals surface area contributed by atoms with E-state index in [1.54, 1.807) is 11.1 Å². The Hall–Kier alpha value is -3.38. The lowest BCUT2D eigenvalue weighted by atomic mass is 10.0. The third-order valence-electron chi connectivity index (χ3n) is 5.83. The fourth-order valence-corrected chi connectivity index (χ4v) is 3.89. The standard InChI is InChI=1S/C29H34N2O4/c1-29(2,3)35-28(32)31-14-12-26(31)21-34-27-17-25(18-30-19-27)24-11-7-10-23(16-24)20-33-15-13-22-8-5-4-6-9-22/h4-11,16-19,26H,12-15,20-21H2,1-3H3/t26-/m0/s1. The van der Waals surface area contributed by atoms with Crippen molar-refractivity contribution in [2.75, 3.05) is 19.8 Å². The molecule has 184 valence electrons. The number of nitrogens with zero attached hydrogens (tertiary/aromatic N) is 2. The Kier molecular flexibility index (Phi) is 8.03. The number of rotatable bonds is 9. The molecule has 6 heteroatoms. The summed E-state index contributed by atoms with van der Waals surface area (Å²) in [6, 6.07) is 20.7. The summed E-state index contributed by atoms with van der Waals surface area (Å²) < 4.78 is 17.4. The minimum absolute atomic E-state index is 0.0184. The number of carbonyl (C=O) groups is 1. The van der Waals surface area contributed by atoms with Gasteiger partial charge in [0.25, 0.3) is 0 Å². The summed E-state index contributed by atoms with van der Waals surface area (Å²) in [4.78, 5) is 18.4. The molecule has 35 heavy (non-hydrogen) atoms. The van der Waals surface area contributed by atoms with Crippen LogP contribution in [0, 0.1) is 0 Å². The molecule has 2 heterocycles. The Morgan fingerprint density at radius 2 is 1.80 bits per heavy atom. The van der Waals surface area contributed by atoms with E-state index in [4.69, 9.17) is 14.2 Å². The van der Waals surface area contributed by atoms with Crippen LogP contribution in [-0.2, 0) is 22.5 Å². The first-order valence-corrected chi connectivity index (χ1v) is 12.2. The van der Waals surface area contributed by atoms with Crippen molar-refractivity contribution in [1.82, 2.24) is 9.88 Å². The van der Waals surface area contributed by atoms with Gasteiger partial charge in [-0.25, -0.2) is 4.79 Å². The number of benzene rings is 2. The second-order valence-electron chi connectivity index (χ2n) is 9.83. The highest BCUT2D eigenvalue weighted by Crippen LogP contribution is 2.26. The molecule has 0 spiro atoms. The molecule has 1 atom stereocenters. The zero-order chi connectivity index (χ0) is 24.7. The van der Waals surface area contributed by atoms with E-state index < -0.39 is 5.60 Å². The second-order valence-corrected chi connectivity index (χ2v) is 9.83. The van der Waals surface area contributed by atoms with Crippen LogP contribution >= 0.6 is 0 Å². The smallest absolute Gasteiger partial charge is 0.410 e. The van der Waals surface area contributed by atoms with Gasteiger partial charge >= 0.3 is 6.09 Å². The molecule has 1 fully saturated rings. The predicted octanol–water partition coefficient (Wildman–Crippen LogP) is 5.90.